The number of benzene rings is 1. The number of nitrogens with zero attached hydrogens (tertiary/aromatic N) is 1. The van der Waals surface area contributed by atoms with Gasteiger partial charge in [-0.1, -0.05) is 0 Å². The maximum absolute atomic E-state index is 4.44. The summed E-state index contributed by atoms with van der Waals surface area (Å²) in [5.74, 6) is 0. The van der Waals surface area contributed by atoms with Crippen molar-refractivity contribution in [2.24, 2.45) is 0 Å². The van der Waals surface area contributed by atoms with Crippen molar-refractivity contribution in [3.8, 4) is 0 Å². The van der Waals surface area contributed by atoms with Crippen LogP contribution in [0, 0.1) is 6.92 Å². The molecule has 1 nitrogen and oxygen atoms in total. The number of rotatable bonds is 0. The molecule has 0 saturated heterocycles. The zero-order chi connectivity index (χ0) is 9.54. The summed E-state index contributed by atoms with van der Waals surface area (Å²) < 4.78 is 2.76. The summed E-state index contributed by atoms with van der Waals surface area (Å²) in [7, 11) is 0. The van der Waals surface area contributed by atoms with Crippen LogP contribution in [0.5, 0.6) is 0 Å². The van der Waals surface area contributed by atoms with Crippen molar-refractivity contribution in [2.45, 2.75) is 6.92 Å². The third-order valence-electron chi connectivity index (χ3n) is 2.48. The van der Waals surface area contributed by atoms with Gasteiger partial charge in [-0.15, -0.1) is 0 Å². The molecule has 0 aliphatic rings. The monoisotopic (exact) mass is 247 g/mol. The van der Waals surface area contributed by atoms with Gasteiger partial charge in [0, 0.05) is 0 Å². The van der Waals surface area contributed by atoms with E-state index in [2.05, 4.69) is 36.2 Å². The molecule has 2 aromatic heterocycles. The molecule has 0 spiro atoms. The summed E-state index contributed by atoms with van der Waals surface area (Å²) in [4.78, 5) is 4.44. The third-order valence-corrected chi connectivity index (χ3v) is 4.75. The summed E-state index contributed by atoms with van der Waals surface area (Å²) in [5.41, 5.74) is 1.37. The van der Waals surface area contributed by atoms with E-state index in [1.807, 2.05) is 12.3 Å². The molecule has 0 radical (unpaired) electrons. The van der Waals surface area contributed by atoms with Crippen molar-refractivity contribution in [3.63, 3.8) is 0 Å². The Kier molecular flexibility index (Phi) is 1.73. The minimum absolute atomic E-state index is 0.415. The fraction of sp³-hybridized carbons (Fsp3) is 0.0833. The Morgan fingerprint density at radius 1 is 1.14 bits per heavy atom. The van der Waals surface area contributed by atoms with Crippen molar-refractivity contribution < 1.29 is 0 Å². The molecule has 0 amide bonds. The van der Waals surface area contributed by atoms with E-state index in [1.54, 1.807) is 0 Å². The average molecular weight is 246 g/mol. The molecule has 2 heteroatoms. The fourth-order valence-corrected chi connectivity index (χ4v) is 4.19. The van der Waals surface area contributed by atoms with Crippen LogP contribution >= 0.6 is 0 Å². The van der Waals surface area contributed by atoms with Gasteiger partial charge in [-0.05, 0) is 0 Å². The number of aromatic nitrogens is 1. The first-order chi connectivity index (χ1) is 6.86. The van der Waals surface area contributed by atoms with Crippen LogP contribution in [0.25, 0.3) is 19.4 Å². The molecule has 3 rings (SSSR count). The molecule has 68 valence electrons. The predicted octanol–water partition coefficient (Wildman–Crippen LogP) is 2.75. The van der Waals surface area contributed by atoms with Crippen LogP contribution in [0.4, 0.5) is 0 Å². The second kappa shape index (κ2) is 2.94. The van der Waals surface area contributed by atoms with Gasteiger partial charge in [0.1, 0.15) is 0 Å². The van der Waals surface area contributed by atoms with E-state index in [1.165, 1.54) is 25.0 Å². The van der Waals surface area contributed by atoms with Crippen LogP contribution in [0.3, 0.4) is 0 Å². The van der Waals surface area contributed by atoms with Gasteiger partial charge in [0.15, 0.2) is 0 Å². The van der Waals surface area contributed by atoms with Gasteiger partial charge in [0.25, 0.3) is 0 Å². The molecule has 0 saturated carbocycles. The van der Waals surface area contributed by atoms with Crippen LogP contribution in [0.1, 0.15) is 5.56 Å². The molecule has 0 aliphatic carbocycles. The van der Waals surface area contributed by atoms with E-state index in [0.717, 1.165) is 0 Å². The summed E-state index contributed by atoms with van der Waals surface area (Å²) in [6, 6.07) is 10.8. The third kappa shape index (κ3) is 1.05. The molecule has 1 aromatic carbocycles. The second-order valence-corrected chi connectivity index (χ2v) is 5.57. The van der Waals surface area contributed by atoms with E-state index in [4.69, 9.17) is 0 Å². The first-order valence-electron chi connectivity index (χ1n) is 4.59. The first kappa shape index (κ1) is 8.22. The number of hydrogen-bond acceptors (Lipinski definition) is 1. The van der Waals surface area contributed by atoms with E-state index in [9.17, 15) is 0 Å². The topological polar surface area (TPSA) is 12.9 Å². The van der Waals surface area contributed by atoms with Crippen LogP contribution < -0.4 is 0 Å². The Morgan fingerprint density at radius 2 is 2.07 bits per heavy atom. The number of pyridine rings is 1. The van der Waals surface area contributed by atoms with Crippen LogP contribution in [0.15, 0.2) is 36.5 Å². The van der Waals surface area contributed by atoms with Crippen molar-refractivity contribution >= 4 is 33.9 Å². The molecular formula is C12H9NSe. The van der Waals surface area contributed by atoms with Gasteiger partial charge < -0.3 is 0 Å². The molecule has 0 bridgehead atoms. The molecule has 14 heavy (non-hydrogen) atoms. The zero-order valence-electron chi connectivity index (χ0n) is 7.82. The van der Waals surface area contributed by atoms with E-state index >= 15 is 0 Å². The second-order valence-electron chi connectivity index (χ2n) is 3.41. The van der Waals surface area contributed by atoms with Gasteiger partial charge in [0.05, 0.1) is 0 Å². The normalized spacial score (nSPS) is 11.2. The Labute approximate surface area is 88.1 Å². The molecule has 0 N–H and O–H groups in total. The Hall–Kier alpha value is -1.11. The van der Waals surface area contributed by atoms with Crippen LogP contribution in [-0.2, 0) is 0 Å². The van der Waals surface area contributed by atoms with Crippen molar-refractivity contribution in [1.29, 1.82) is 0 Å². The standard InChI is InChI=1S/C12H9NSe/c1-8-4-2-6-10-11(8)9-5-3-7-13-12(9)14-10/h2-7H,1H3. The summed E-state index contributed by atoms with van der Waals surface area (Å²) >= 11 is 0.415. The van der Waals surface area contributed by atoms with Gasteiger partial charge in [-0.3, -0.25) is 0 Å². The van der Waals surface area contributed by atoms with Crippen molar-refractivity contribution in [3.05, 3.63) is 42.1 Å². The minimum atomic E-state index is 0.415. The van der Waals surface area contributed by atoms with Crippen molar-refractivity contribution in [2.75, 3.05) is 0 Å². The molecule has 0 atom stereocenters. The summed E-state index contributed by atoms with van der Waals surface area (Å²) in [5, 5.41) is 2.77. The van der Waals surface area contributed by atoms with E-state index < -0.39 is 0 Å². The van der Waals surface area contributed by atoms with Crippen LogP contribution in [-0.4, -0.2) is 19.5 Å². The van der Waals surface area contributed by atoms with E-state index in [0.29, 0.717) is 14.5 Å². The molecular weight excluding hydrogens is 237 g/mol. The molecule has 3 aromatic rings. The SMILES string of the molecule is Cc1cccc2[se]c3ncccc3c12. The van der Waals surface area contributed by atoms with E-state index in [-0.39, 0.29) is 0 Å². The zero-order valence-corrected chi connectivity index (χ0v) is 9.53. The van der Waals surface area contributed by atoms with Crippen molar-refractivity contribution in [1.82, 2.24) is 4.98 Å². The molecule has 0 fully saturated rings. The number of hydrogen-bond donors (Lipinski definition) is 0. The Bertz CT molecular complexity index is 610. The quantitative estimate of drug-likeness (QED) is 0.556. The molecule has 0 unspecified atom stereocenters. The number of aryl methyl sites for hydroxylation is 1. The predicted molar refractivity (Wildman–Crippen MR) is 60.9 cm³/mol. The van der Waals surface area contributed by atoms with Gasteiger partial charge in [-0.2, -0.15) is 0 Å². The number of fused-ring (bicyclic) bond motifs is 3. The van der Waals surface area contributed by atoms with Gasteiger partial charge in [0.2, 0.25) is 0 Å². The first-order valence-corrected chi connectivity index (χ1v) is 6.30. The van der Waals surface area contributed by atoms with Gasteiger partial charge >= 0.3 is 87.9 Å². The van der Waals surface area contributed by atoms with Gasteiger partial charge in [-0.25, -0.2) is 0 Å². The summed E-state index contributed by atoms with van der Waals surface area (Å²) in [6.45, 7) is 2.18. The average Bonchev–Trinajstić information content (AvgIpc) is 2.57. The molecule has 2 heterocycles. The molecule has 0 aliphatic heterocycles. The Balaban J connectivity index is 2.65. The maximum atomic E-state index is 4.44. The fourth-order valence-electron chi connectivity index (χ4n) is 1.84. The van der Waals surface area contributed by atoms with Crippen LogP contribution in [0.2, 0.25) is 0 Å². The summed E-state index contributed by atoms with van der Waals surface area (Å²) in [6.07, 6.45) is 1.89. The Morgan fingerprint density at radius 3 is 3.00 bits per heavy atom.